The van der Waals surface area contributed by atoms with E-state index in [1.54, 1.807) is 0 Å². The van der Waals surface area contributed by atoms with Gasteiger partial charge >= 0.3 is 0 Å². The van der Waals surface area contributed by atoms with Crippen molar-refractivity contribution in [1.29, 1.82) is 0 Å². The summed E-state index contributed by atoms with van der Waals surface area (Å²) in [7, 11) is 0. The molecule has 0 heterocycles. The van der Waals surface area contributed by atoms with Crippen molar-refractivity contribution in [2.75, 3.05) is 0 Å². The molecule has 0 saturated carbocycles. The van der Waals surface area contributed by atoms with E-state index in [0.29, 0.717) is 5.76 Å². The molecular formula is C19H34O2. The lowest BCUT2D eigenvalue weighted by atomic mass is 9.74. The third kappa shape index (κ3) is 5.18. The van der Waals surface area contributed by atoms with Crippen molar-refractivity contribution < 1.29 is 10.2 Å². The Bertz CT molecular complexity index is 381. The highest BCUT2D eigenvalue weighted by Gasteiger charge is 2.36. The predicted octanol–water partition coefficient (Wildman–Crippen LogP) is 5.68. The largest absolute Gasteiger partial charge is 0.508 e. The smallest absolute Gasteiger partial charge is 0.117 e. The quantitative estimate of drug-likeness (QED) is 0.537. The van der Waals surface area contributed by atoms with Gasteiger partial charge in [-0.05, 0) is 37.5 Å². The molecule has 2 N–H and O–H groups in total. The summed E-state index contributed by atoms with van der Waals surface area (Å²) in [4.78, 5) is 0. The first-order valence-electron chi connectivity index (χ1n) is 8.74. The van der Waals surface area contributed by atoms with Crippen molar-refractivity contribution in [3.8, 4) is 0 Å². The summed E-state index contributed by atoms with van der Waals surface area (Å²) in [6.07, 6.45) is 12.9. The number of aliphatic hydroxyl groups excluding tert-OH is 1. The molecule has 0 fully saturated rings. The predicted molar refractivity (Wildman–Crippen MR) is 90.4 cm³/mol. The zero-order chi connectivity index (χ0) is 15.9. The summed E-state index contributed by atoms with van der Waals surface area (Å²) in [6, 6.07) is 0. The SMILES string of the molecule is CCCCCCCCCCC1(O)C=C(C)C(O)=C(C)C1C. The van der Waals surface area contributed by atoms with Gasteiger partial charge in [-0.15, -0.1) is 0 Å². The minimum atomic E-state index is -0.775. The van der Waals surface area contributed by atoms with Gasteiger partial charge in [0.1, 0.15) is 5.76 Å². The maximum Gasteiger partial charge on any atom is 0.117 e. The fourth-order valence-electron chi connectivity index (χ4n) is 3.29. The van der Waals surface area contributed by atoms with E-state index < -0.39 is 5.60 Å². The molecule has 0 aromatic heterocycles. The van der Waals surface area contributed by atoms with Gasteiger partial charge in [0, 0.05) is 5.92 Å². The van der Waals surface area contributed by atoms with Gasteiger partial charge in [0.2, 0.25) is 0 Å². The molecule has 0 aromatic rings. The van der Waals surface area contributed by atoms with Gasteiger partial charge in [0.15, 0.2) is 0 Å². The Morgan fingerprint density at radius 1 is 1.00 bits per heavy atom. The Morgan fingerprint density at radius 3 is 2.10 bits per heavy atom. The van der Waals surface area contributed by atoms with Gasteiger partial charge in [-0.25, -0.2) is 0 Å². The Labute approximate surface area is 131 Å². The number of hydrogen-bond donors (Lipinski definition) is 2. The molecule has 0 aromatic carbocycles. The van der Waals surface area contributed by atoms with Crippen molar-refractivity contribution in [2.24, 2.45) is 5.92 Å². The monoisotopic (exact) mass is 294 g/mol. The maximum atomic E-state index is 10.8. The van der Waals surface area contributed by atoms with E-state index in [-0.39, 0.29) is 5.92 Å². The molecule has 2 nitrogen and oxygen atoms in total. The molecule has 0 saturated heterocycles. The average molecular weight is 294 g/mol. The highest BCUT2D eigenvalue weighted by molar-refractivity contribution is 5.37. The van der Waals surface area contributed by atoms with Crippen LogP contribution in [0.4, 0.5) is 0 Å². The summed E-state index contributed by atoms with van der Waals surface area (Å²) < 4.78 is 0. The number of aliphatic hydroxyl groups is 2. The molecule has 0 spiro atoms. The lowest BCUT2D eigenvalue weighted by Crippen LogP contribution is -2.38. The zero-order valence-corrected chi connectivity index (χ0v) is 14.4. The molecule has 2 atom stereocenters. The highest BCUT2D eigenvalue weighted by atomic mass is 16.3. The van der Waals surface area contributed by atoms with Crippen molar-refractivity contribution in [1.82, 2.24) is 0 Å². The van der Waals surface area contributed by atoms with Crippen molar-refractivity contribution >= 4 is 0 Å². The van der Waals surface area contributed by atoms with Crippen LogP contribution in [0.15, 0.2) is 23.0 Å². The van der Waals surface area contributed by atoms with Crippen molar-refractivity contribution in [3.05, 3.63) is 23.0 Å². The van der Waals surface area contributed by atoms with Crippen LogP contribution >= 0.6 is 0 Å². The zero-order valence-electron chi connectivity index (χ0n) is 14.4. The Hall–Kier alpha value is -0.760. The Morgan fingerprint density at radius 2 is 1.52 bits per heavy atom. The van der Waals surface area contributed by atoms with Crippen molar-refractivity contribution in [3.63, 3.8) is 0 Å². The molecule has 1 rings (SSSR count). The summed E-state index contributed by atoms with van der Waals surface area (Å²) in [5.74, 6) is 0.369. The number of rotatable bonds is 9. The van der Waals surface area contributed by atoms with E-state index >= 15 is 0 Å². The van der Waals surface area contributed by atoms with Gasteiger partial charge in [-0.2, -0.15) is 0 Å². The first kappa shape index (κ1) is 18.3. The second-order valence-electron chi connectivity index (χ2n) is 6.80. The van der Waals surface area contributed by atoms with Crippen LogP contribution < -0.4 is 0 Å². The van der Waals surface area contributed by atoms with Gasteiger partial charge in [0.25, 0.3) is 0 Å². The van der Waals surface area contributed by atoms with E-state index in [1.807, 2.05) is 26.8 Å². The van der Waals surface area contributed by atoms with Crippen LogP contribution in [0, 0.1) is 5.92 Å². The molecule has 0 aliphatic heterocycles. The normalized spacial score (nSPS) is 26.1. The van der Waals surface area contributed by atoms with E-state index in [9.17, 15) is 10.2 Å². The second kappa shape index (κ2) is 8.63. The lowest BCUT2D eigenvalue weighted by molar-refractivity contribution is 0.0334. The third-order valence-electron chi connectivity index (χ3n) is 5.04. The van der Waals surface area contributed by atoms with E-state index in [1.165, 1.54) is 44.9 Å². The van der Waals surface area contributed by atoms with Crippen LogP contribution in [-0.2, 0) is 0 Å². The van der Waals surface area contributed by atoms with Crippen LogP contribution in [0.3, 0.4) is 0 Å². The Kier molecular flexibility index (Phi) is 7.51. The topological polar surface area (TPSA) is 40.5 Å². The van der Waals surface area contributed by atoms with Crippen LogP contribution in [0.1, 0.15) is 85.5 Å². The molecular weight excluding hydrogens is 260 g/mol. The average Bonchev–Trinajstić information content (AvgIpc) is 2.46. The highest BCUT2D eigenvalue weighted by Crippen LogP contribution is 2.38. The van der Waals surface area contributed by atoms with E-state index in [2.05, 4.69) is 6.92 Å². The molecule has 0 radical (unpaired) electrons. The summed E-state index contributed by atoms with van der Waals surface area (Å²) >= 11 is 0. The molecule has 21 heavy (non-hydrogen) atoms. The number of hydrogen-bond acceptors (Lipinski definition) is 2. The minimum Gasteiger partial charge on any atom is -0.508 e. The van der Waals surface area contributed by atoms with Gasteiger partial charge in [0.05, 0.1) is 5.60 Å². The van der Waals surface area contributed by atoms with Gasteiger partial charge in [-0.1, -0.05) is 65.2 Å². The Balaban J connectivity index is 2.32. The summed E-state index contributed by atoms with van der Waals surface area (Å²) in [5.41, 5.74) is 0.951. The molecule has 0 amide bonds. The number of allylic oxidation sites excluding steroid dienone is 1. The summed E-state index contributed by atoms with van der Waals surface area (Å²) in [5, 5.41) is 20.8. The van der Waals surface area contributed by atoms with Crippen LogP contribution in [-0.4, -0.2) is 15.8 Å². The molecule has 0 bridgehead atoms. The first-order chi connectivity index (χ1) is 9.92. The standard InChI is InChI=1S/C19H34O2/c1-5-6-7-8-9-10-11-12-13-19(21)14-15(2)18(20)16(3)17(19)4/h14,17,20-21H,5-13H2,1-4H3. The van der Waals surface area contributed by atoms with Crippen LogP contribution in [0.5, 0.6) is 0 Å². The lowest BCUT2D eigenvalue weighted by Gasteiger charge is -2.36. The van der Waals surface area contributed by atoms with Gasteiger partial charge in [-0.3, -0.25) is 0 Å². The fraction of sp³-hybridized carbons (Fsp3) is 0.789. The van der Waals surface area contributed by atoms with Crippen molar-refractivity contribution in [2.45, 2.75) is 91.1 Å². The molecule has 122 valence electrons. The molecule has 1 aliphatic rings. The molecule has 2 unspecified atom stereocenters. The van der Waals surface area contributed by atoms with Gasteiger partial charge < -0.3 is 10.2 Å². The number of unbranched alkanes of at least 4 members (excludes halogenated alkanes) is 7. The fourth-order valence-corrected chi connectivity index (χ4v) is 3.29. The first-order valence-corrected chi connectivity index (χ1v) is 8.74. The van der Waals surface area contributed by atoms with E-state index in [0.717, 1.165) is 24.0 Å². The molecule has 2 heteroatoms. The molecule has 1 aliphatic carbocycles. The second-order valence-corrected chi connectivity index (χ2v) is 6.80. The third-order valence-corrected chi connectivity index (χ3v) is 5.04. The summed E-state index contributed by atoms with van der Waals surface area (Å²) in [6.45, 7) is 8.06. The van der Waals surface area contributed by atoms with Crippen LogP contribution in [0.2, 0.25) is 0 Å². The van der Waals surface area contributed by atoms with E-state index in [4.69, 9.17) is 0 Å². The maximum absolute atomic E-state index is 10.8. The van der Waals surface area contributed by atoms with Crippen LogP contribution in [0.25, 0.3) is 0 Å². The minimum absolute atomic E-state index is 0.00533.